The third-order valence-electron chi connectivity index (χ3n) is 4.37. The average molecular weight is 364 g/mol. The summed E-state index contributed by atoms with van der Waals surface area (Å²) in [7, 11) is 0. The highest BCUT2D eigenvalue weighted by Gasteiger charge is 2.31. The first-order valence-corrected chi connectivity index (χ1v) is 8.55. The van der Waals surface area contributed by atoms with Crippen molar-refractivity contribution in [2.24, 2.45) is 0 Å². The predicted molar refractivity (Wildman–Crippen MR) is 96.3 cm³/mol. The molecule has 0 radical (unpaired) electrons. The lowest BCUT2D eigenvalue weighted by atomic mass is 10.1. The standard InChI is InChI=1S/C20H16N2O5/c23-18-15-9-5-4-8-14(15)17(20(25)27-16-10-11-26-19(16)24)21-22(18)12-13-6-2-1-3-7-13/h1-9,16H,10-12H2/t16-/m0/s1. The molecule has 1 fully saturated rings. The quantitative estimate of drug-likeness (QED) is 0.657. The molecule has 0 spiro atoms. The Morgan fingerprint density at radius 1 is 1.07 bits per heavy atom. The predicted octanol–water partition coefficient (Wildman–Crippen LogP) is 1.92. The van der Waals surface area contributed by atoms with Crippen LogP contribution >= 0.6 is 0 Å². The van der Waals surface area contributed by atoms with E-state index >= 15 is 0 Å². The van der Waals surface area contributed by atoms with E-state index in [0.717, 1.165) is 5.56 Å². The first kappa shape index (κ1) is 17.0. The minimum absolute atomic E-state index is 0.000770. The molecule has 0 amide bonds. The molecule has 1 saturated heterocycles. The molecule has 0 saturated carbocycles. The number of carbonyl (C=O) groups is 2. The number of benzene rings is 2. The highest BCUT2D eigenvalue weighted by molar-refractivity contribution is 6.02. The van der Waals surface area contributed by atoms with Gasteiger partial charge in [0, 0.05) is 11.8 Å². The molecule has 27 heavy (non-hydrogen) atoms. The molecular weight excluding hydrogens is 348 g/mol. The van der Waals surface area contributed by atoms with Crippen LogP contribution in [0.5, 0.6) is 0 Å². The number of cyclic esters (lactones) is 1. The molecule has 0 unspecified atom stereocenters. The van der Waals surface area contributed by atoms with Crippen molar-refractivity contribution in [3.8, 4) is 0 Å². The van der Waals surface area contributed by atoms with Crippen molar-refractivity contribution >= 4 is 22.7 Å². The van der Waals surface area contributed by atoms with Crippen molar-refractivity contribution in [3.63, 3.8) is 0 Å². The van der Waals surface area contributed by atoms with Crippen molar-refractivity contribution in [2.75, 3.05) is 6.61 Å². The zero-order valence-corrected chi connectivity index (χ0v) is 14.3. The van der Waals surface area contributed by atoms with Crippen LogP contribution in [0.25, 0.3) is 10.8 Å². The van der Waals surface area contributed by atoms with Crippen LogP contribution in [-0.4, -0.2) is 34.4 Å². The van der Waals surface area contributed by atoms with Crippen LogP contribution in [0.4, 0.5) is 0 Å². The first-order chi connectivity index (χ1) is 13.1. The summed E-state index contributed by atoms with van der Waals surface area (Å²) in [5.74, 6) is -1.32. The molecule has 2 heterocycles. The van der Waals surface area contributed by atoms with E-state index in [1.807, 2.05) is 30.3 Å². The summed E-state index contributed by atoms with van der Waals surface area (Å²) >= 11 is 0. The van der Waals surface area contributed by atoms with Gasteiger partial charge in [0.15, 0.2) is 5.69 Å². The maximum Gasteiger partial charge on any atom is 0.360 e. The molecule has 7 heteroatoms. The molecule has 0 bridgehead atoms. The Kier molecular flexibility index (Phi) is 4.42. The minimum Gasteiger partial charge on any atom is -0.463 e. The van der Waals surface area contributed by atoms with Gasteiger partial charge in [0.2, 0.25) is 6.10 Å². The van der Waals surface area contributed by atoms with Gasteiger partial charge in [-0.3, -0.25) is 4.79 Å². The van der Waals surface area contributed by atoms with Gasteiger partial charge in [-0.25, -0.2) is 14.3 Å². The molecule has 136 valence electrons. The number of esters is 2. The van der Waals surface area contributed by atoms with E-state index < -0.39 is 18.0 Å². The largest absolute Gasteiger partial charge is 0.463 e. The topological polar surface area (TPSA) is 87.5 Å². The normalized spacial score (nSPS) is 16.3. The van der Waals surface area contributed by atoms with Gasteiger partial charge < -0.3 is 9.47 Å². The lowest BCUT2D eigenvalue weighted by Crippen LogP contribution is -2.29. The molecule has 1 aromatic heterocycles. The first-order valence-electron chi connectivity index (χ1n) is 8.55. The van der Waals surface area contributed by atoms with E-state index in [4.69, 9.17) is 9.47 Å². The maximum atomic E-state index is 12.8. The third-order valence-corrected chi connectivity index (χ3v) is 4.37. The van der Waals surface area contributed by atoms with Crippen molar-refractivity contribution in [2.45, 2.75) is 19.1 Å². The number of rotatable bonds is 4. The Hall–Kier alpha value is -3.48. The van der Waals surface area contributed by atoms with Crippen molar-refractivity contribution < 1.29 is 19.1 Å². The minimum atomic E-state index is -0.937. The Morgan fingerprint density at radius 2 is 1.78 bits per heavy atom. The van der Waals surface area contributed by atoms with Gasteiger partial charge >= 0.3 is 11.9 Å². The number of fused-ring (bicyclic) bond motifs is 1. The molecule has 1 atom stereocenters. The molecule has 0 N–H and O–H groups in total. The van der Waals surface area contributed by atoms with Crippen molar-refractivity contribution in [3.05, 3.63) is 76.2 Å². The Balaban J connectivity index is 1.76. The summed E-state index contributed by atoms with van der Waals surface area (Å²) in [6, 6.07) is 16.1. The average Bonchev–Trinajstić information content (AvgIpc) is 3.09. The lowest BCUT2D eigenvalue weighted by Gasteiger charge is -2.12. The van der Waals surface area contributed by atoms with Gasteiger partial charge in [-0.1, -0.05) is 48.5 Å². The zero-order chi connectivity index (χ0) is 18.8. The SMILES string of the molecule is O=C(O[C@H]1CCOC1=O)c1nn(Cc2ccccc2)c(=O)c2ccccc12. The lowest BCUT2D eigenvalue weighted by molar-refractivity contribution is -0.145. The Morgan fingerprint density at radius 3 is 2.48 bits per heavy atom. The second-order valence-corrected chi connectivity index (χ2v) is 6.19. The van der Waals surface area contributed by atoms with Crippen LogP contribution in [0.15, 0.2) is 59.4 Å². The number of nitrogens with zero attached hydrogens (tertiary/aromatic N) is 2. The van der Waals surface area contributed by atoms with Crippen molar-refractivity contribution in [1.82, 2.24) is 9.78 Å². The zero-order valence-electron chi connectivity index (χ0n) is 14.3. The molecule has 0 aliphatic carbocycles. The van der Waals surface area contributed by atoms with Gasteiger partial charge in [0.25, 0.3) is 5.56 Å². The molecule has 7 nitrogen and oxygen atoms in total. The van der Waals surface area contributed by atoms with Gasteiger partial charge in [0.1, 0.15) is 0 Å². The van der Waals surface area contributed by atoms with Gasteiger partial charge in [-0.15, -0.1) is 0 Å². The monoisotopic (exact) mass is 364 g/mol. The molecule has 1 aliphatic rings. The van der Waals surface area contributed by atoms with E-state index in [-0.39, 0.29) is 24.4 Å². The van der Waals surface area contributed by atoms with Crippen molar-refractivity contribution in [1.29, 1.82) is 0 Å². The summed E-state index contributed by atoms with van der Waals surface area (Å²) in [4.78, 5) is 37.0. The van der Waals surface area contributed by atoms with Crippen LogP contribution in [0.1, 0.15) is 22.5 Å². The van der Waals surface area contributed by atoms with Crippen LogP contribution in [0.3, 0.4) is 0 Å². The van der Waals surface area contributed by atoms with Crippen LogP contribution in [0.2, 0.25) is 0 Å². The molecule has 2 aromatic carbocycles. The van der Waals surface area contributed by atoms with E-state index in [0.29, 0.717) is 17.2 Å². The molecule has 3 aromatic rings. The fraction of sp³-hybridized carbons (Fsp3) is 0.200. The van der Waals surface area contributed by atoms with Gasteiger partial charge in [-0.2, -0.15) is 5.10 Å². The number of hydrogen-bond donors (Lipinski definition) is 0. The smallest absolute Gasteiger partial charge is 0.360 e. The molecular formula is C20H16N2O5. The maximum absolute atomic E-state index is 12.8. The van der Waals surface area contributed by atoms with E-state index in [1.54, 1.807) is 24.3 Å². The second kappa shape index (κ2) is 7.03. The van der Waals surface area contributed by atoms with E-state index in [9.17, 15) is 14.4 Å². The summed E-state index contributed by atoms with van der Waals surface area (Å²) in [5.41, 5.74) is 0.577. The second-order valence-electron chi connectivity index (χ2n) is 6.19. The highest BCUT2D eigenvalue weighted by Crippen LogP contribution is 2.18. The number of carbonyl (C=O) groups excluding carboxylic acids is 2. The summed E-state index contributed by atoms with van der Waals surface area (Å²) in [6.45, 7) is 0.439. The Bertz CT molecular complexity index is 1070. The van der Waals surface area contributed by atoms with Gasteiger partial charge in [0.05, 0.1) is 18.5 Å². The van der Waals surface area contributed by atoms with E-state index in [1.165, 1.54) is 4.68 Å². The van der Waals surface area contributed by atoms with Crippen LogP contribution in [-0.2, 0) is 20.8 Å². The molecule has 1 aliphatic heterocycles. The number of aromatic nitrogens is 2. The summed E-state index contributed by atoms with van der Waals surface area (Å²) in [5, 5.41) is 5.00. The number of hydrogen-bond acceptors (Lipinski definition) is 6. The summed E-state index contributed by atoms with van der Waals surface area (Å²) in [6.07, 6.45) is -0.626. The van der Waals surface area contributed by atoms with E-state index in [2.05, 4.69) is 5.10 Å². The fourth-order valence-electron chi connectivity index (χ4n) is 3.02. The fourth-order valence-corrected chi connectivity index (χ4v) is 3.02. The number of ether oxygens (including phenoxy) is 2. The summed E-state index contributed by atoms with van der Waals surface area (Å²) < 4.78 is 11.3. The molecule has 4 rings (SSSR count). The highest BCUT2D eigenvalue weighted by atomic mass is 16.6. The van der Waals surface area contributed by atoms with Crippen LogP contribution < -0.4 is 5.56 Å². The third kappa shape index (κ3) is 3.31. The van der Waals surface area contributed by atoms with Gasteiger partial charge in [-0.05, 0) is 11.6 Å². The van der Waals surface area contributed by atoms with Crippen LogP contribution in [0, 0.1) is 0 Å². The Labute approximate surface area is 154 Å².